The molecule has 6 nitrogen and oxygen atoms in total. The van der Waals surface area contributed by atoms with Crippen molar-refractivity contribution in [3.63, 3.8) is 0 Å². The van der Waals surface area contributed by atoms with Crippen LogP contribution in [-0.4, -0.2) is 43.8 Å². The molecule has 2 aromatic rings. The molecule has 106 valence electrons. The van der Waals surface area contributed by atoms with Gasteiger partial charge in [0, 0.05) is 30.4 Å². The minimum atomic E-state index is -3.22. The Hall–Kier alpha value is -1.73. The lowest BCUT2D eigenvalue weighted by atomic mass is 10.2. The van der Waals surface area contributed by atoms with Crippen LogP contribution in [0, 0.1) is 0 Å². The van der Waals surface area contributed by atoms with Gasteiger partial charge in [0.1, 0.15) is 0 Å². The molecule has 0 unspecified atom stereocenters. The van der Waals surface area contributed by atoms with Crippen molar-refractivity contribution in [1.29, 1.82) is 0 Å². The number of anilines is 1. The molecule has 0 saturated carbocycles. The van der Waals surface area contributed by atoms with Gasteiger partial charge in [0.25, 0.3) is 0 Å². The number of aromatic nitrogens is 2. The SMILES string of the molecule is CS(=O)(=O)c1ccc2cnc(N[C@@H]3CCNC3)nc2c1. The number of hydrogen-bond acceptors (Lipinski definition) is 6. The van der Waals surface area contributed by atoms with Crippen molar-refractivity contribution in [2.24, 2.45) is 0 Å². The highest BCUT2D eigenvalue weighted by molar-refractivity contribution is 7.90. The van der Waals surface area contributed by atoms with Crippen LogP contribution in [0.4, 0.5) is 5.95 Å². The third kappa shape index (κ3) is 2.73. The van der Waals surface area contributed by atoms with Crippen LogP contribution in [0.25, 0.3) is 10.9 Å². The molecule has 1 saturated heterocycles. The molecule has 0 bridgehead atoms. The Morgan fingerprint density at radius 1 is 1.40 bits per heavy atom. The highest BCUT2D eigenvalue weighted by Crippen LogP contribution is 2.18. The van der Waals surface area contributed by atoms with Crippen LogP contribution in [-0.2, 0) is 9.84 Å². The third-order valence-electron chi connectivity index (χ3n) is 3.38. The first-order valence-electron chi connectivity index (χ1n) is 6.46. The van der Waals surface area contributed by atoms with E-state index in [0.717, 1.165) is 24.9 Å². The molecule has 1 aliphatic rings. The maximum absolute atomic E-state index is 11.6. The average Bonchev–Trinajstić information content (AvgIpc) is 2.90. The summed E-state index contributed by atoms with van der Waals surface area (Å²) in [6.45, 7) is 1.88. The highest BCUT2D eigenvalue weighted by atomic mass is 32.2. The molecule has 2 N–H and O–H groups in total. The Morgan fingerprint density at radius 3 is 2.95 bits per heavy atom. The molecule has 1 atom stereocenters. The van der Waals surface area contributed by atoms with Gasteiger partial charge in [-0.2, -0.15) is 0 Å². The van der Waals surface area contributed by atoms with Crippen molar-refractivity contribution < 1.29 is 8.42 Å². The molecular weight excluding hydrogens is 276 g/mol. The quantitative estimate of drug-likeness (QED) is 0.871. The van der Waals surface area contributed by atoms with Crippen molar-refractivity contribution >= 4 is 26.7 Å². The standard InChI is InChI=1S/C13H16N4O2S/c1-20(18,19)11-3-2-9-7-15-13(17-12(9)6-11)16-10-4-5-14-8-10/h2-3,6-7,10,14H,4-5,8H2,1H3,(H,15,16,17)/t10-/m1/s1. The Kier molecular flexibility index (Phi) is 3.31. The van der Waals surface area contributed by atoms with Gasteiger partial charge in [-0.25, -0.2) is 18.4 Å². The van der Waals surface area contributed by atoms with Crippen LogP contribution < -0.4 is 10.6 Å². The van der Waals surface area contributed by atoms with Crippen molar-refractivity contribution in [1.82, 2.24) is 15.3 Å². The summed E-state index contributed by atoms with van der Waals surface area (Å²) in [6.07, 6.45) is 3.93. The van der Waals surface area contributed by atoms with Crippen molar-refractivity contribution in [3.05, 3.63) is 24.4 Å². The van der Waals surface area contributed by atoms with Crippen LogP contribution >= 0.6 is 0 Å². The summed E-state index contributed by atoms with van der Waals surface area (Å²) in [5, 5.41) is 7.34. The van der Waals surface area contributed by atoms with E-state index in [-0.39, 0.29) is 4.90 Å². The van der Waals surface area contributed by atoms with E-state index in [1.54, 1.807) is 24.4 Å². The van der Waals surface area contributed by atoms with Gasteiger partial charge in [-0.1, -0.05) is 0 Å². The molecular formula is C13H16N4O2S. The minimum absolute atomic E-state index is 0.275. The third-order valence-corrected chi connectivity index (χ3v) is 4.49. The molecule has 1 aromatic heterocycles. The fraction of sp³-hybridized carbons (Fsp3) is 0.385. The first-order valence-corrected chi connectivity index (χ1v) is 8.36. The molecule has 1 aromatic carbocycles. The molecule has 1 fully saturated rings. The number of fused-ring (bicyclic) bond motifs is 1. The lowest BCUT2D eigenvalue weighted by Crippen LogP contribution is -2.23. The number of sulfone groups is 1. The smallest absolute Gasteiger partial charge is 0.223 e. The monoisotopic (exact) mass is 292 g/mol. The van der Waals surface area contributed by atoms with Gasteiger partial charge >= 0.3 is 0 Å². The number of benzene rings is 1. The zero-order chi connectivity index (χ0) is 14.2. The van der Waals surface area contributed by atoms with Crippen LogP contribution in [0.2, 0.25) is 0 Å². The summed E-state index contributed by atoms with van der Waals surface area (Å²) < 4.78 is 23.1. The Balaban J connectivity index is 1.96. The van der Waals surface area contributed by atoms with E-state index in [4.69, 9.17) is 0 Å². The number of hydrogen-bond donors (Lipinski definition) is 2. The van der Waals surface area contributed by atoms with E-state index in [1.807, 2.05) is 0 Å². The molecule has 2 heterocycles. The summed E-state index contributed by atoms with van der Waals surface area (Å²) in [5.41, 5.74) is 0.636. The van der Waals surface area contributed by atoms with Gasteiger partial charge < -0.3 is 10.6 Å². The van der Waals surface area contributed by atoms with Gasteiger partial charge in [0.15, 0.2) is 9.84 Å². The predicted molar refractivity (Wildman–Crippen MR) is 77.5 cm³/mol. The molecule has 0 aliphatic carbocycles. The molecule has 3 rings (SSSR count). The second-order valence-corrected chi connectivity index (χ2v) is 7.04. The van der Waals surface area contributed by atoms with Gasteiger partial charge in [-0.15, -0.1) is 0 Å². The maximum Gasteiger partial charge on any atom is 0.223 e. The molecule has 0 radical (unpaired) electrons. The zero-order valence-corrected chi connectivity index (χ0v) is 11.9. The van der Waals surface area contributed by atoms with Crippen LogP contribution in [0.1, 0.15) is 6.42 Å². The normalized spacial score (nSPS) is 19.4. The fourth-order valence-corrected chi connectivity index (χ4v) is 2.90. The van der Waals surface area contributed by atoms with E-state index in [1.165, 1.54) is 6.26 Å². The van der Waals surface area contributed by atoms with Crippen LogP contribution in [0.5, 0.6) is 0 Å². The predicted octanol–water partition coefficient (Wildman–Crippen LogP) is 0.807. The highest BCUT2D eigenvalue weighted by Gasteiger charge is 2.15. The van der Waals surface area contributed by atoms with Gasteiger partial charge in [0.05, 0.1) is 10.4 Å². The van der Waals surface area contributed by atoms with E-state index < -0.39 is 9.84 Å². The van der Waals surface area contributed by atoms with Gasteiger partial charge in [0.2, 0.25) is 5.95 Å². The number of nitrogens with zero attached hydrogens (tertiary/aromatic N) is 2. The topological polar surface area (TPSA) is 84.0 Å². The lowest BCUT2D eigenvalue weighted by Gasteiger charge is -2.11. The Morgan fingerprint density at radius 2 is 2.25 bits per heavy atom. The Bertz CT molecular complexity index is 739. The van der Waals surface area contributed by atoms with Gasteiger partial charge in [-0.3, -0.25) is 0 Å². The van der Waals surface area contributed by atoms with Crippen molar-refractivity contribution in [3.8, 4) is 0 Å². The number of nitrogens with one attached hydrogen (secondary N) is 2. The zero-order valence-electron chi connectivity index (χ0n) is 11.1. The summed E-state index contributed by atoms with van der Waals surface area (Å²) in [6, 6.07) is 5.22. The van der Waals surface area contributed by atoms with E-state index in [0.29, 0.717) is 17.5 Å². The molecule has 0 amide bonds. The average molecular weight is 292 g/mol. The first-order chi connectivity index (χ1) is 9.52. The maximum atomic E-state index is 11.6. The lowest BCUT2D eigenvalue weighted by molar-refractivity contribution is 0.602. The molecule has 0 spiro atoms. The molecule has 20 heavy (non-hydrogen) atoms. The second-order valence-electron chi connectivity index (χ2n) is 5.02. The van der Waals surface area contributed by atoms with E-state index >= 15 is 0 Å². The summed E-state index contributed by atoms with van der Waals surface area (Å²) in [4.78, 5) is 8.94. The minimum Gasteiger partial charge on any atom is -0.350 e. The fourth-order valence-electron chi connectivity index (χ4n) is 2.26. The largest absolute Gasteiger partial charge is 0.350 e. The molecule has 7 heteroatoms. The summed E-state index contributed by atoms with van der Waals surface area (Å²) in [7, 11) is -3.22. The first kappa shape index (κ1) is 13.3. The van der Waals surface area contributed by atoms with E-state index in [2.05, 4.69) is 20.6 Å². The molecule has 1 aliphatic heterocycles. The van der Waals surface area contributed by atoms with Crippen LogP contribution in [0.15, 0.2) is 29.3 Å². The van der Waals surface area contributed by atoms with Gasteiger partial charge in [-0.05, 0) is 31.2 Å². The second kappa shape index (κ2) is 4.99. The number of rotatable bonds is 3. The summed E-state index contributed by atoms with van der Waals surface area (Å²) in [5.74, 6) is 0.539. The summed E-state index contributed by atoms with van der Waals surface area (Å²) >= 11 is 0. The van der Waals surface area contributed by atoms with Crippen LogP contribution in [0.3, 0.4) is 0 Å². The van der Waals surface area contributed by atoms with E-state index in [9.17, 15) is 8.42 Å². The van der Waals surface area contributed by atoms with Crippen molar-refractivity contribution in [2.75, 3.05) is 24.7 Å². The Labute approximate surface area is 117 Å². The van der Waals surface area contributed by atoms with Crippen molar-refractivity contribution in [2.45, 2.75) is 17.4 Å².